The molecule has 2 aliphatic heterocycles. The van der Waals surface area contributed by atoms with E-state index in [0.29, 0.717) is 35.1 Å². The molecule has 0 saturated carbocycles. The number of carbonyl (C=O) groups excluding carboxylic acids is 2. The highest BCUT2D eigenvalue weighted by Gasteiger charge is 2.25. The second-order valence-electron chi connectivity index (χ2n) is 9.16. The Kier molecular flexibility index (Phi) is 7.20. The zero-order valence-corrected chi connectivity index (χ0v) is 20.9. The minimum atomic E-state index is -0.633. The SMILES string of the molecule is O=C(NCC(O)CN1CCc2ccccc2C1)c1cc2c(s1)CCN(C(=O)c1ccc(Cl)cc1)C2. The number of fused-ring (bicyclic) bond motifs is 2. The molecule has 0 radical (unpaired) electrons. The highest BCUT2D eigenvalue weighted by Crippen LogP contribution is 2.29. The number of nitrogens with one attached hydrogen (secondary N) is 1. The minimum Gasteiger partial charge on any atom is -0.390 e. The van der Waals surface area contributed by atoms with Crippen LogP contribution in [0.2, 0.25) is 5.02 Å². The highest BCUT2D eigenvalue weighted by atomic mass is 35.5. The van der Waals surface area contributed by atoms with Gasteiger partial charge in [0.05, 0.1) is 11.0 Å². The van der Waals surface area contributed by atoms with Crippen LogP contribution in [0.1, 0.15) is 41.6 Å². The molecule has 2 N–H and O–H groups in total. The van der Waals surface area contributed by atoms with Crippen molar-refractivity contribution in [1.82, 2.24) is 15.1 Å². The number of aliphatic hydroxyl groups is 1. The van der Waals surface area contributed by atoms with Crippen molar-refractivity contribution in [3.05, 3.63) is 91.6 Å². The molecule has 2 aliphatic rings. The number of hydrogen-bond acceptors (Lipinski definition) is 5. The molecule has 1 unspecified atom stereocenters. The molecule has 1 aromatic heterocycles. The minimum absolute atomic E-state index is 0.0343. The molecule has 2 amide bonds. The van der Waals surface area contributed by atoms with E-state index < -0.39 is 6.10 Å². The molecule has 8 heteroatoms. The number of halogens is 1. The summed E-state index contributed by atoms with van der Waals surface area (Å²) in [5.74, 6) is -0.212. The molecule has 3 aromatic rings. The number of aliphatic hydroxyl groups excluding tert-OH is 1. The van der Waals surface area contributed by atoms with Crippen molar-refractivity contribution in [2.45, 2.75) is 32.0 Å². The number of hydrogen-bond donors (Lipinski definition) is 2. The predicted octanol–water partition coefficient (Wildman–Crippen LogP) is 3.75. The lowest BCUT2D eigenvalue weighted by Crippen LogP contribution is -2.41. The summed E-state index contributed by atoms with van der Waals surface area (Å²) < 4.78 is 0. The van der Waals surface area contributed by atoms with Gasteiger partial charge >= 0.3 is 0 Å². The fraction of sp³-hybridized carbons (Fsp3) is 0.333. The van der Waals surface area contributed by atoms with Gasteiger partial charge in [-0.2, -0.15) is 0 Å². The zero-order chi connectivity index (χ0) is 24.4. The Morgan fingerprint density at radius 3 is 2.57 bits per heavy atom. The third-order valence-electron chi connectivity index (χ3n) is 6.65. The molecule has 3 heterocycles. The topological polar surface area (TPSA) is 72.9 Å². The summed E-state index contributed by atoms with van der Waals surface area (Å²) in [4.78, 5) is 31.4. The van der Waals surface area contributed by atoms with Crippen molar-refractivity contribution in [2.24, 2.45) is 0 Å². The van der Waals surface area contributed by atoms with E-state index in [-0.39, 0.29) is 18.4 Å². The predicted molar refractivity (Wildman–Crippen MR) is 138 cm³/mol. The Morgan fingerprint density at radius 2 is 1.77 bits per heavy atom. The van der Waals surface area contributed by atoms with E-state index in [9.17, 15) is 14.7 Å². The van der Waals surface area contributed by atoms with Crippen LogP contribution < -0.4 is 5.32 Å². The van der Waals surface area contributed by atoms with Crippen LogP contribution in [0.4, 0.5) is 0 Å². The molecule has 0 saturated heterocycles. The summed E-state index contributed by atoms with van der Waals surface area (Å²) in [5, 5.41) is 14.0. The molecule has 0 fully saturated rings. The quantitative estimate of drug-likeness (QED) is 0.531. The Bertz CT molecular complexity index is 1230. The van der Waals surface area contributed by atoms with Gasteiger partial charge in [0.1, 0.15) is 0 Å². The van der Waals surface area contributed by atoms with Gasteiger partial charge in [-0.1, -0.05) is 35.9 Å². The van der Waals surface area contributed by atoms with E-state index in [2.05, 4.69) is 28.4 Å². The summed E-state index contributed by atoms with van der Waals surface area (Å²) in [7, 11) is 0. The van der Waals surface area contributed by atoms with Gasteiger partial charge in [0.15, 0.2) is 0 Å². The van der Waals surface area contributed by atoms with Crippen LogP contribution in [-0.2, 0) is 25.9 Å². The van der Waals surface area contributed by atoms with Crippen molar-refractivity contribution in [3.63, 3.8) is 0 Å². The number of nitrogens with zero attached hydrogens (tertiary/aromatic N) is 2. The van der Waals surface area contributed by atoms with Crippen LogP contribution in [0.15, 0.2) is 54.6 Å². The first-order valence-corrected chi connectivity index (χ1v) is 13.1. The third-order valence-corrected chi connectivity index (χ3v) is 8.13. The number of thiophene rings is 1. The largest absolute Gasteiger partial charge is 0.390 e. The maximum Gasteiger partial charge on any atom is 0.261 e. The number of rotatable bonds is 6. The van der Waals surface area contributed by atoms with E-state index in [1.165, 1.54) is 22.5 Å². The van der Waals surface area contributed by atoms with Gasteiger partial charge in [0, 0.05) is 54.7 Å². The van der Waals surface area contributed by atoms with Crippen molar-refractivity contribution in [2.75, 3.05) is 26.2 Å². The van der Waals surface area contributed by atoms with Crippen LogP contribution in [0.3, 0.4) is 0 Å². The molecule has 1 atom stereocenters. The van der Waals surface area contributed by atoms with Gasteiger partial charge < -0.3 is 15.3 Å². The molecule has 0 aliphatic carbocycles. The van der Waals surface area contributed by atoms with Crippen LogP contribution in [0, 0.1) is 0 Å². The van der Waals surface area contributed by atoms with Crippen molar-refractivity contribution >= 4 is 34.8 Å². The van der Waals surface area contributed by atoms with Crippen LogP contribution in [-0.4, -0.2) is 59.0 Å². The van der Waals surface area contributed by atoms with Crippen LogP contribution in [0.5, 0.6) is 0 Å². The monoisotopic (exact) mass is 509 g/mol. The number of β-amino-alcohol motifs (C(OH)–C–C–N with tert-alkyl or cyclic N) is 1. The molecule has 0 bridgehead atoms. The summed E-state index contributed by atoms with van der Waals surface area (Å²) >= 11 is 7.41. The summed E-state index contributed by atoms with van der Waals surface area (Å²) in [6, 6.07) is 17.2. The van der Waals surface area contributed by atoms with Crippen molar-refractivity contribution < 1.29 is 14.7 Å². The first kappa shape index (κ1) is 24.0. The van der Waals surface area contributed by atoms with Gasteiger partial charge in [-0.25, -0.2) is 0 Å². The summed E-state index contributed by atoms with van der Waals surface area (Å²) in [5.41, 5.74) is 4.31. The second kappa shape index (κ2) is 10.5. The van der Waals surface area contributed by atoms with E-state index in [0.717, 1.165) is 36.4 Å². The van der Waals surface area contributed by atoms with Gasteiger partial charge in [-0.3, -0.25) is 14.5 Å². The molecule has 6 nitrogen and oxygen atoms in total. The second-order valence-corrected chi connectivity index (χ2v) is 10.7. The summed E-state index contributed by atoms with van der Waals surface area (Å²) in [6.07, 6.45) is 1.07. The van der Waals surface area contributed by atoms with Crippen molar-refractivity contribution in [3.8, 4) is 0 Å². The average molecular weight is 510 g/mol. The van der Waals surface area contributed by atoms with Gasteiger partial charge in [-0.05, 0) is 59.9 Å². The molecular formula is C27H28ClN3O3S. The van der Waals surface area contributed by atoms with Gasteiger partial charge in [0.2, 0.25) is 0 Å². The Morgan fingerprint density at radius 1 is 1.00 bits per heavy atom. The Balaban J connectivity index is 1.13. The van der Waals surface area contributed by atoms with Crippen LogP contribution in [0.25, 0.3) is 0 Å². The molecular weight excluding hydrogens is 482 g/mol. The Labute approximate surface area is 214 Å². The van der Waals surface area contributed by atoms with E-state index >= 15 is 0 Å². The van der Waals surface area contributed by atoms with Gasteiger partial charge in [-0.15, -0.1) is 11.3 Å². The average Bonchev–Trinajstić information content (AvgIpc) is 3.31. The molecule has 182 valence electrons. The molecule has 35 heavy (non-hydrogen) atoms. The smallest absolute Gasteiger partial charge is 0.261 e. The first-order valence-electron chi connectivity index (χ1n) is 11.9. The molecule has 5 rings (SSSR count). The van der Waals surface area contributed by atoms with E-state index in [1.807, 2.05) is 12.1 Å². The number of carbonyl (C=O) groups is 2. The lowest BCUT2D eigenvalue weighted by atomic mass is 10.00. The van der Waals surface area contributed by atoms with Crippen LogP contribution >= 0.6 is 22.9 Å². The maximum absolute atomic E-state index is 12.8. The number of amides is 2. The normalized spacial score (nSPS) is 16.3. The Hall–Kier alpha value is -2.71. The zero-order valence-electron chi connectivity index (χ0n) is 19.4. The number of benzene rings is 2. The van der Waals surface area contributed by atoms with E-state index in [4.69, 9.17) is 11.6 Å². The fourth-order valence-electron chi connectivity index (χ4n) is 4.76. The maximum atomic E-state index is 12.8. The third kappa shape index (κ3) is 5.59. The summed E-state index contributed by atoms with van der Waals surface area (Å²) in [6.45, 7) is 3.57. The highest BCUT2D eigenvalue weighted by molar-refractivity contribution is 7.14. The van der Waals surface area contributed by atoms with Gasteiger partial charge in [0.25, 0.3) is 11.8 Å². The molecule has 0 spiro atoms. The lowest BCUT2D eigenvalue weighted by Gasteiger charge is -2.30. The van der Waals surface area contributed by atoms with E-state index in [1.54, 1.807) is 29.2 Å². The fourth-order valence-corrected chi connectivity index (χ4v) is 5.97. The standard InChI is InChI=1S/C27H28ClN3O3S/c28-22-7-5-19(6-8-22)27(34)31-12-10-24-21(16-31)13-25(35-24)26(33)29-14-23(32)17-30-11-9-18-3-1-2-4-20(18)15-30/h1-8,13,23,32H,9-12,14-17H2,(H,29,33). The van der Waals surface area contributed by atoms with Crippen molar-refractivity contribution in [1.29, 1.82) is 0 Å². The molecule has 2 aromatic carbocycles. The first-order chi connectivity index (χ1) is 17.0. The lowest BCUT2D eigenvalue weighted by molar-refractivity contribution is 0.0736.